The van der Waals surface area contributed by atoms with E-state index in [0.717, 1.165) is 31.5 Å². The topological polar surface area (TPSA) is 35.6 Å². The van der Waals surface area contributed by atoms with Gasteiger partial charge in [0.15, 0.2) is 0 Å². The van der Waals surface area contributed by atoms with Crippen LogP contribution in [0.3, 0.4) is 0 Å². The number of hydrogen-bond acceptors (Lipinski definition) is 2. The van der Waals surface area contributed by atoms with Crippen LogP contribution in [0.5, 0.6) is 0 Å². The third-order valence-corrected chi connectivity index (χ3v) is 4.87. The third kappa shape index (κ3) is 3.40. The first kappa shape index (κ1) is 15.3. The summed E-state index contributed by atoms with van der Waals surface area (Å²) in [4.78, 5) is 16.6. The number of carbonyl (C=O) groups is 1. The van der Waals surface area contributed by atoms with E-state index < -0.39 is 0 Å². The standard InChI is InChI=1S/C17H24FN3O/c1-20-10-11-21(17(22)19-15-4-2-3-5-15)12-16(20)13-6-8-14(18)9-7-13/h6-9,15-16H,2-5,10-12H2,1H3,(H,19,22). The van der Waals surface area contributed by atoms with Crippen molar-refractivity contribution >= 4 is 6.03 Å². The fourth-order valence-corrected chi connectivity index (χ4v) is 3.44. The minimum atomic E-state index is -0.224. The summed E-state index contributed by atoms with van der Waals surface area (Å²) < 4.78 is 13.1. The van der Waals surface area contributed by atoms with E-state index in [1.54, 1.807) is 0 Å². The number of benzene rings is 1. The Morgan fingerprint density at radius 3 is 2.55 bits per heavy atom. The largest absolute Gasteiger partial charge is 0.335 e. The Morgan fingerprint density at radius 1 is 1.18 bits per heavy atom. The van der Waals surface area contributed by atoms with Crippen LogP contribution in [0.4, 0.5) is 9.18 Å². The highest BCUT2D eigenvalue weighted by atomic mass is 19.1. The molecule has 1 aromatic rings. The fourth-order valence-electron chi connectivity index (χ4n) is 3.44. The van der Waals surface area contributed by atoms with Crippen molar-refractivity contribution in [2.24, 2.45) is 0 Å². The van der Waals surface area contributed by atoms with Crippen LogP contribution in [0.1, 0.15) is 37.3 Å². The molecule has 1 unspecified atom stereocenters. The number of nitrogens with one attached hydrogen (secondary N) is 1. The van der Waals surface area contributed by atoms with Crippen LogP contribution >= 0.6 is 0 Å². The maximum Gasteiger partial charge on any atom is 0.317 e. The van der Waals surface area contributed by atoms with Gasteiger partial charge in [-0.25, -0.2) is 9.18 Å². The zero-order valence-electron chi connectivity index (χ0n) is 13.1. The maximum absolute atomic E-state index is 13.1. The quantitative estimate of drug-likeness (QED) is 0.912. The highest BCUT2D eigenvalue weighted by Gasteiger charge is 2.29. The Hall–Kier alpha value is -1.62. The minimum Gasteiger partial charge on any atom is -0.335 e. The van der Waals surface area contributed by atoms with Crippen LogP contribution in [-0.4, -0.2) is 48.6 Å². The van der Waals surface area contributed by atoms with Gasteiger partial charge in [-0.1, -0.05) is 25.0 Å². The Balaban J connectivity index is 1.64. The van der Waals surface area contributed by atoms with Gasteiger partial charge in [-0.3, -0.25) is 4.90 Å². The number of hydrogen-bond donors (Lipinski definition) is 1. The minimum absolute atomic E-state index is 0.0483. The second kappa shape index (κ2) is 6.65. The average Bonchev–Trinajstić information content (AvgIpc) is 3.01. The highest BCUT2D eigenvalue weighted by Crippen LogP contribution is 2.25. The van der Waals surface area contributed by atoms with E-state index in [0.29, 0.717) is 12.6 Å². The van der Waals surface area contributed by atoms with E-state index in [1.165, 1.54) is 25.0 Å². The molecule has 0 radical (unpaired) electrons. The number of amides is 2. The molecule has 1 aliphatic carbocycles. The zero-order valence-corrected chi connectivity index (χ0v) is 13.1. The molecule has 120 valence electrons. The predicted molar refractivity (Wildman–Crippen MR) is 84.1 cm³/mol. The van der Waals surface area contributed by atoms with Crippen molar-refractivity contribution in [1.82, 2.24) is 15.1 Å². The maximum atomic E-state index is 13.1. The molecule has 1 saturated carbocycles. The van der Waals surface area contributed by atoms with Crippen LogP contribution in [-0.2, 0) is 0 Å². The smallest absolute Gasteiger partial charge is 0.317 e. The van der Waals surface area contributed by atoms with Crippen LogP contribution in [0.2, 0.25) is 0 Å². The second-order valence-corrected chi connectivity index (χ2v) is 6.42. The summed E-state index contributed by atoms with van der Waals surface area (Å²) in [6.45, 7) is 2.23. The molecule has 1 aliphatic heterocycles. The van der Waals surface area contributed by atoms with Gasteiger partial charge in [-0.15, -0.1) is 0 Å². The lowest BCUT2D eigenvalue weighted by atomic mass is 10.0. The molecular formula is C17H24FN3O. The van der Waals surface area contributed by atoms with Crippen LogP contribution < -0.4 is 5.32 Å². The average molecular weight is 305 g/mol. The molecule has 2 fully saturated rings. The molecule has 1 aromatic carbocycles. The summed E-state index contributed by atoms with van der Waals surface area (Å²) in [5, 5.41) is 3.15. The lowest BCUT2D eigenvalue weighted by Crippen LogP contribution is -2.53. The molecule has 1 heterocycles. The van der Waals surface area contributed by atoms with Crippen molar-refractivity contribution in [2.45, 2.75) is 37.8 Å². The normalized spacial score (nSPS) is 23.7. The lowest BCUT2D eigenvalue weighted by Gasteiger charge is -2.40. The molecule has 0 aromatic heterocycles. The monoisotopic (exact) mass is 305 g/mol. The van der Waals surface area contributed by atoms with Crippen molar-refractivity contribution in [1.29, 1.82) is 0 Å². The van der Waals surface area contributed by atoms with Gasteiger partial charge in [0.2, 0.25) is 0 Å². The van der Waals surface area contributed by atoms with Crippen LogP contribution in [0, 0.1) is 5.82 Å². The molecule has 0 bridgehead atoms. The molecule has 22 heavy (non-hydrogen) atoms. The molecule has 1 atom stereocenters. The van der Waals surface area contributed by atoms with E-state index in [1.807, 2.05) is 17.0 Å². The van der Waals surface area contributed by atoms with E-state index in [4.69, 9.17) is 0 Å². The van der Waals surface area contributed by atoms with Gasteiger partial charge in [0.05, 0.1) is 6.04 Å². The van der Waals surface area contributed by atoms with Crippen molar-refractivity contribution in [3.05, 3.63) is 35.6 Å². The van der Waals surface area contributed by atoms with Gasteiger partial charge >= 0.3 is 6.03 Å². The first-order chi connectivity index (χ1) is 10.6. The molecule has 1 saturated heterocycles. The van der Waals surface area contributed by atoms with Gasteiger partial charge in [-0.2, -0.15) is 0 Å². The molecule has 3 rings (SSSR count). The summed E-state index contributed by atoms with van der Waals surface area (Å²) in [5.41, 5.74) is 1.06. The van der Waals surface area contributed by atoms with Gasteiger partial charge in [-0.05, 0) is 37.6 Å². The van der Waals surface area contributed by atoms with E-state index in [2.05, 4.69) is 17.3 Å². The van der Waals surface area contributed by atoms with Gasteiger partial charge < -0.3 is 10.2 Å². The summed E-state index contributed by atoms with van der Waals surface area (Å²) in [5.74, 6) is -0.224. The second-order valence-electron chi connectivity index (χ2n) is 6.42. The Labute approximate surface area is 131 Å². The van der Waals surface area contributed by atoms with Gasteiger partial charge in [0.25, 0.3) is 0 Å². The number of carbonyl (C=O) groups excluding carboxylic acids is 1. The van der Waals surface area contributed by atoms with Gasteiger partial charge in [0, 0.05) is 25.7 Å². The third-order valence-electron chi connectivity index (χ3n) is 4.87. The molecule has 2 amide bonds. The van der Waals surface area contributed by atoms with Crippen LogP contribution in [0.25, 0.3) is 0 Å². The Bertz CT molecular complexity index is 513. The van der Waals surface area contributed by atoms with Crippen molar-refractivity contribution in [2.75, 3.05) is 26.7 Å². The number of rotatable bonds is 2. The van der Waals surface area contributed by atoms with Crippen LogP contribution in [0.15, 0.2) is 24.3 Å². The molecule has 0 spiro atoms. The number of nitrogens with zero attached hydrogens (tertiary/aromatic N) is 2. The molecule has 2 aliphatic rings. The predicted octanol–water partition coefficient (Wildman–Crippen LogP) is 2.77. The summed E-state index contributed by atoms with van der Waals surface area (Å²) in [6, 6.07) is 7.12. The number of piperazine rings is 1. The van der Waals surface area contributed by atoms with Crippen molar-refractivity contribution in [3.8, 4) is 0 Å². The zero-order chi connectivity index (χ0) is 15.5. The highest BCUT2D eigenvalue weighted by molar-refractivity contribution is 5.74. The Kier molecular flexibility index (Phi) is 4.62. The van der Waals surface area contributed by atoms with E-state index in [-0.39, 0.29) is 17.9 Å². The lowest BCUT2D eigenvalue weighted by molar-refractivity contribution is 0.108. The molecular weight excluding hydrogens is 281 g/mol. The SMILES string of the molecule is CN1CCN(C(=O)NC2CCCC2)CC1c1ccc(F)cc1. The van der Waals surface area contributed by atoms with Gasteiger partial charge in [0.1, 0.15) is 5.82 Å². The van der Waals surface area contributed by atoms with Crippen molar-refractivity contribution in [3.63, 3.8) is 0 Å². The number of urea groups is 1. The fraction of sp³-hybridized carbons (Fsp3) is 0.588. The van der Waals surface area contributed by atoms with E-state index >= 15 is 0 Å². The summed E-state index contributed by atoms with van der Waals surface area (Å²) in [6.07, 6.45) is 4.62. The summed E-state index contributed by atoms with van der Waals surface area (Å²) >= 11 is 0. The first-order valence-electron chi connectivity index (χ1n) is 8.14. The number of halogens is 1. The number of likely N-dealkylation sites (N-methyl/N-ethyl adjacent to an activating group) is 1. The first-order valence-corrected chi connectivity index (χ1v) is 8.14. The molecule has 5 heteroatoms. The molecule has 1 N–H and O–H groups in total. The Morgan fingerprint density at radius 2 is 1.86 bits per heavy atom. The molecule has 4 nitrogen and oxygen atoms in total. The van der Waals surface area contributed by atoms with Crippen molar-refractivity contribution < 1.29 is 9.18 Å². The van der Waals surface area contributed by atoms with E-state index in [9.17, 15) is 9.18 Å². The summed E-state index contributed by atoms with van der Waals surface area (Å²) in [7, 11) is 2.06.